The Morgan fingerprint density at radius 2 is 2.08 bits per heavy atom. The van der Waals surface area contributed by atoms with Gasteiger partial charge in [0.15, 0.2) is 0 Å². The van der Waals surface area contributed by atoms with Crippen LogP contribution in [0.15, 0.2) is 42.7 Å². The maximum Gasteiger partial charge on any atom is 0.244 e. The van der Waals surface area contributed by atoms with Crippen LogP contribution in [0.4, 0.5) is 0 Å². The number of likely N-dealkylation sites (tertiary alicyclic amines) is 1. The average Bonchev–Trinajstić information content (AvgIpc) is 3.11. The standard InChI is InChI=1S/C20H28N4O/c1-4-18-21-12-14-24(18)17-11-8-13-23(15-17)20(25)19(22(2)3)16-9-6-5-7-10-16/h5-7,9-10,12,14,17,19H,4,8,11,13,15H2,1-3H3. The van der Waals surface area contributed by atoms with Gasteiger partial charge in [0.1, 0.15) is 11.9 Å². The van der Waals surface area contributed by atoms with E-state index in [1.807, 2.05) is 60.4 Å². The second kappa shape index (κ2) is 7.83. The van der Waals surface area contributed by atoms with Gasteiger partial charge in [-0.25, -0.2) is 4.98 Å². The molecule has 2 unspecified atom stereocenters. The predicted molar refractivity (Wildman–Crippen MR) is 99.3 cm³/mol. The molecule has 1 aliphatic rings. The minimum atomic E-state index is -0.228. The number of aromatic nitrogens is 2. The average molecular weight is 340 g/mol. The highest BCUT2D eigenvalue weighted by atomic mass is 16.2. The monoisotopic (exact) mass is 340 g/mol. The number of amides is 1. The van der Waals surface area contributed by atoms with E-state index in [0.29, 0.717) is 6.04 Å². The lowest BCUT2D eigenvalue weighted by molar-refractivity contribution is -0.138. The van der Waals surface area contributed by atoms with Crippen molar-refractivity contribution in [2.75, 3.05) is 27.2 Å². The summed E-state index contributed by atoms with van der Waals surface area (Å²) in [6.07, 6.45) is 6.98. The fourth-order valence-corrected chi connectivity index (χ4v) is 3.80. The SMILES string of the molecule is CCc1nccn1C1CCCN(C(=O)C(c2ccccc2)N(C)C)C1. The Labute approximate surface area is 150 Å². The van der Waals surface area contributed by atoms with Crippen LogP contribution in [-0.4, -0.2) is 52.4 Å². The number of rotatable bonds is 5. The van der Waals surface area contributed by atoms with Crippen LogP contribution in [0.1, 0.15) is 43.2 Å². The van der Waals surface area contributed by atoms with E-state index in [4.69, 9.17) is 0 Å². The van der Waals surface area contributed by atoms with Crippen molar-refractivity contribution in [1.82, 2.24) is 19.4 Å². The minimum Gasteiger partial charge on any atom is -0.339 e. The first-order valence-electron chi connectivity index (χ1n) is 9.13. The summed E-state index contributed by atoms with van der Waals surface area (Å²) in [5.74, 6) is 1.30. The normalized spacial score (nSPS) is 19.2. The van der Waals surface area contributed by atoms with Gasteiger partial charge in [-0.05, 0) is 32.5 Å². The summed E-state index contributed by atoms with van der Waals surface area (Å²) in [7, 11) is 3.95. The lowest BCUT2D eigenvalue weighted by Gasteiger charge is -2.37. The molecule has 2 heterocycles. The molecule has 1 saturated heterocycles. The molecule has 0 aliphatic carbocycles. The van der Waals surface area contributed by atoms with Crippen molar-refractivity contribution in [1.29, 1.82) is 0 Å². The van der Waals surface area contributed by atoms with Crippen LogP contribution < -0.4 is 0 Å². The molecule has 2 aromatic rings. The van der Waals surface area contributed by atoms with Crippen LogP contribution in [0, 0.1) is 0 Å². The van der Waals surface area contributed by atoms with Crippen molar-refractivity contribution in [2.24, 2.45) is 0 Å². The number of piperidine rings is 1. The van der Waals surface area contributed by atoms with E-state index in [-0.39, 0.29) is 11.9 Å². The van der Waals surface area contributed by atoms with Crippen molar-refractivity contribution < 1.29 is 4.79 Å². The first kappa shape index (κ1) is 17.7. The third-order valence-corrected chi connectivity index (χ3v) is 5.03. The van der Waals surface area contributed by atoms with Gasteiger partial charge in [-0.2, -0.15) is 0 Å². The molecule has 0 spiro atoms. The molecule has 2 atom stereocenters. The number of carbonyl (C=O) groups is 1. The summed E-state index contributed by atoms with van der Waals surface area (Å²) in [5, 5.41) is 0. The number of nitrogens with zero attached hydrogens (tertiary/aromatic N) is 4. The van der Waals surface area contributed by atoms with E-state index in [0.717, 1.165) is 43.7 Å². The Morgan fingerprint density at radius 1 is 1.32 bits per heavy atom. The second-order valence-corrected chi connectivity index (χ2v) is 6.96. The van der Waals surface area contributed by atoms with Crippen LogP contribution in [0.5, 0.6) is 0 Å². The molecular weight excluding hydrogens is 312 g/mol. The number of imidazole rings is 1. The lowest BCUT2D eigenvalue weighted by atomic mass is 10.0. The number of aryl methyl sites for hydroxylation is 1. The van der Waals surface area contributed by atoms with Crippen LogP contribution in [0.3, 0.4) is 0 Å². The fraction of sp³-hybridized carbons (Fsp3) is 0.500. The maximum atomic E-state index is 13.3. The van der Waals surface area contributed by atoms with Crippen molar-refractivity contribution in [2.45, 2.75) is 38.3 Å². The van der Waals surface area contributed by atoms with Crippen molar-refractivity contribution >= 4 is 5.91 Å². The molecule has 1 aliphatic heterocycles. The number of carbonyl (C=O) groups excluding carboxylic acids is 1. The van der Waals surface area contributed by atoms with E-state index in [2.05, 4.69) is 22.7 Å². The van der Waals surface area contributed by atoms with Gasteiger partial charge in [0, 0.05) is 31.9 Å². The van der Waals surface area contributed by atoms with Gasteiger partial charge in [-0.1, -0.05) is 37.3 Å². The molecule has 1 aromatic carbocycles. The van der Waals surface area contributed by atoms with E-state index in [1.54, 1.807) is 0 Å². The number of benzene rings is 1. The van der Waals surface area contributed by atoms with Gasteiger partial charge in [0.05, 0.1) is 6.04 Å². The van der Waals surface area contributed by atoms with Crippen molar-refractivity contribution in [3.8, 4) is 0 Å². The number of hydrogen-bond donors (Lipinski definition) is 0. The number of hydrogen-bond acceptors (Lipinski definition) is 3. The van der Waals surface area contributed by atoms with Gasteiger partial charge in [0.2, 0.25) is 5.91 Å². The summed E-state index contributed by atoms with van der Waals surface area (Å²) >= 11 is 0. The topological polar surface area (TPSA) is 41.4 Å². The van der Waals surface area contributed by atoms with Crippen LogP contribution in [0.2, 0.25) is 0 Å². The zero-order valence-electron chi connectivity index (χ0n) is 15.4. The van der Waals surface area contributed by atoms with E-state index < -0.39 is 0 Å². The van der Waals surface area contributed by atoms with E-state index in [9.17, 15) is 4.79 Å². The zero-order chi connectivity index (χ0) is 17.8. The highest BCUT2D eigenvalue weighted by Crippen LogP contribution is 2.27. The second-order valence-electron chi connectivity index (χ2n) is 6.96. The molecule has 5 nitrogen and oxygen atoms in total. The molecule has 5 heteroatoms. The molecule has 3 rings (SSSR count). The van der Waals surface area contributed by atoms with Gasteiger partial charge in [-0.3, -0.25) is 9.69 Å². The van der Waals surface area contributed by atoms with Crippen LogP contribution in [-0.2, 0) is 11.2 Å². The Bertz CT molecular complexity index is 695. The Kier molecular flexibility index (Phi) is 5.53. The zero-order valence-corrected chi connectivity index (χ0v) is 15.4. The van der Waals surface area contributed by atoms with E-state index in [1.165, 1.54) is 0 Å². The molecule has 0 N–H and O–H groups in total. The molecular formula is C20H28N4O. The Balaban J connectivity index is 1.79. The summed E-state index contributed by atoms with van der Waals surface area (Å²) in [6.45, 7) is 3.73. The lowest BCUT2D eigenvalue weighted by Crippen LogP contribution is -2.46. The molecule has 0 saturated carbocycles. The van der Waals surface area contributed by atoms with Crippen molar-refractivity contribution in [3.63, 3.8) is 0 Å². The molecule has 0 radical (unpaired) electrons. The largest absolute Gasteiger partial charge is 0.339 e. The van der Waals surface area contributed by atoms with Gasteiger partial charge < -0.3 is 9.47 Å². The van der Waals surface area contributed by atoms with Gasteiger partial charge >= 0.3 is 0 Å². The summed E-state index contributed by atoms with van der Waals surface area (Å²) in [4.78, 5) is 21.8. The van der Waals surface area contributed by atoms with Gasteiger partial charge in [-0.15, -0.1) is 0 Å². The Morgan fingerprint density at radius 3 is 2.76 bits per heavy atom. The van der Waals surface area contributed by atoms with Crippen LogP contribution >= 0.6 is 0 Å². The molecule has 0 bridgehead atoms. The first-order valence-corrected chi connectivity index (χ1v) is 9.13. The van der Waals surface area contributed by atoms with Crippen LogP contribution in [0.25, 0.3) is 0 Å². The Hall–Kier alpha value is -2.14. The van der Waals surface area contributed by atoms with Crippen molar-refractivity contribution in [3.05, 3.63) is 54.1 Å². The molecule has 1 aromatic heterocycles. The van der Waals surface area contributed by atoms with E-state index >= 15 is 0 Å². The highest BCUT2D eigenvalue weighted by Gasteiger charge is 2.32. The summed E-state index contributed by atoms with van der Waals surface area (Å²) < 4.78 is 2.26. The molecule has 134 valence electrons. The molecule has 1 amide bonds. The minimum absolute atomic E-state index is 0.194. The fourth-order valence-electron chi connectivity index (χ4n) is 3.80. The smallest absolute Gasteiger partial charge is 0.244 e. The maximum absolute atomic E-state index is 13.3. The summed E-state index contributed by atoms with van der Waals surface area (Å²) in [5.41, 5.74) is 1.05. The third-order valence-electron chi connectivity index (χ3n) is 5.03. The molecule has 1 fully saturated rings. The first-order chi connectivity index (χ1) is 12.1. The summed E-state index contributed by atoms with van der Waals surface area (Å²) in [6, 6.07) is 10.2. The van der Waals surface area contributed by atoms with Gasteiger partial charge in [0.25, 0.3) is 0 Å². The third kappa shape index (κ3) is 3.76. The highest BCUT2D eigenvalue weighted by molar-refractivity contribution is 5.83. The number of likely N-dealkylation sites (N-methyl/N-ethyl adjacent to an activating group) is 1. The quantitative estimate of drug-likeness (QED) is 0.840. The molecule has 25 heavy (non-hydrogen) atoms. The predicted octanol–water partition coefficient (Wildman–Crippen LogP) is 2.91.